The Labute approximate surface area is 162 Å². The van der Waals surface area contributed by atoms with E-state index < -0.39 is 29.6 Å². The van der Waals surface area contributed by atoms with Crippen LogP contribution in [0.1, 0.15) is 47.3 Å². The van der Waals surface area contributed by atoms with Crippen molar-refractivity contribution < 1.29 is 32.0 Å². The van der Waals surface area contributed by atoms with Crippen molar-refractivity contribution >= 4 is 17.5 Å². The predicted molar refractivity (Wildman–Crippen MR) is 92.2 cm³/mol. The summed E-state index contributed by atoms with van der Waals surface area (Å²) in [6, 6.07) is 2.05. The lowest BCUT2D eigenvalue weighted by Gasteiger charge is -2.26. The fraction of sp³-hybridized carbons (Fsp3) is 0.444. The number of carbonyl (C=O) groups is 1. The van der Waals surface area contributed by atoms with Gasteiger partial charge in [-0.15, -0.1) is 11.6 Å². The maximum atomic E-state index is 13.9. The number of halogens is 5. The molecule has 0 radical (unpaired) electrons. The van der Waals surface area contributed by atoms with Crippen LogP contribution < -0.4 is 5.32 Å². The molecule has 28 heavy (non-hydrogen) atoms. The third-order valence-corrected chi connectivity index (χ3v) is 4.92. The number of aliphatic hydroxyl groups is 1. The second-order valence-corrected chi connectivity index (χ2v) is 6.92. The van der Waals surface area contributed by atoms with E-state index in [1.165, 1.54) is 0 Å². The van der Waals surface area contributed by atoms with Gasteiger partial charge in [0.25, 0.3) is 5.91 Å². The average molecular weight is 421 g/mol. The van der Waals surface area contributed by atoms with Crippen LogP contribution in [0.4, 0.5) is 17.6 Å². The van der Waals surface area contributed by atoms with Crippen molar-refractivity contribution in [3.63, 3.8) is 0 Å². The standard InChI is InChI=1S/C18H17ClF4N2O3/c19-8-12-15(17(27)24-10-2-1-3-11(26)7-10)25-28-16(12)9-4-5-13(14(20)6-9)18(21,22)23/h4-6,10-11,26H,1-3,7-8H2,(H,24,27). The first-order valence-corrected chi connectivity index (χ1v) is 9.14. The van der Waals surface area contributed by atoms with E-state index in [9.17, 15) is 27.5 Å². The van der Waals surface area contributed by atoms with Crippen LogP contribution >= 0.6 is 11.6 Å². The summed E-state index contributed by atoms with van der Waals surface area (Å²) in [6.45, 7) is 0. The number of rotatable bonds is 4. The van der Waals surface area contributed by atoms with Gasteiger partial charge >= 0.3 is 6.18 Å². The van der Waals surface area contributed by atoms with Gasteiger partial charge in [0.2, 0.25) is 0 Å². The van der Waals surface area contributed by atoms with Gasteiger partial charge in [-0.2, -0.15) is 13.2 Å². The minimum Gasteiger partial charge on any atom is -0.393 e. The Balaban J connectivity index is 1.86. The van der Waals surface area contributed by atoms with Crippen molar-refractivity contribution in [1.82, 2.24) is 10.5 Å². The van der Waals surface area contributed by atoms with Crippen LogP contribution in [0.25, 0.3) is 11.3 Å². The maximum absolute atomic E-state index is 13.9. The third kappa shape index (κ3) is 4.30. The topological polar surface area (TPSA) is 75.4 Å². The van der Waals surface area contributed by atoms with E-state index >= 15 is 0 Å². The fourth-order valence-electron chi connectivity index (χ4n) is 3.27. The fourth-order valence-corrected chi connectivity index (χ4v) is 3.52. The molecule has 0 spiro atoms. The zero-order chi connectivity index (χ0) is 20.5. The van der Waals surface area contributed by atoms with E-state index in [4.69, 9.17) is 16.1 Å². The molecular formula is C18H17ClF4N2O3. The first kappa shape index (κ1) is 20.6. The van der Waals surface area contributed by atoms with Crippen LogP contribution in [0, 0.1) is 5.82 Å². The smallest absolute Gasteiger partial charge is 0.393 e. The molecule has 1 aromatic carbocycles. The number of carbonyl (C=O) groups excluding carboxylic acids is 1. The lowest BCUT2D eigenvalue weighted by Crippen LogP contribution is -2.40. The average Bonchev–Trinajstić information content (AvgIpc) is 3.04. The number of aliphatic hydroxyl groups excluding tert-OH is 1. The molecule has 2 atom stereocenters. The highest BCUT2D eigenvalue weighted by molar-refractivity contribution is 6.18. The van der Waals surface area contributed by atoms with Crippen LogP contribution in [0.3, 0.4) is 0 Å². The van der Waals surface area contributed by atoms with Crippen LogP contribution in [0.2, 0.25) is 0 Å². The Morgan fingerprint density at radius 3 is 2.71 bits per heavy atom. The summed E-state index contributed by atoms with van der Waals surface area (Å²) < 4.78 is 57.1. The molecule has 3 rings (SSSR count). The van der Waals surface area contributed by atoms with Gasteiger partial charge in [0.05, 0.1) is 17.5 Å². The lowest BCUT2D eigenvalue weighted by atomic mass is 9.93. The Bertz CT molecular complexity index is 869. The van der Waals surface area contributed by atoms with Crippen molar-refractivity contribution in [3.05, 3.63) is 40.8 Å². The number of benzene rings is 1. The Hall–Kier alpha value is -2.13. The second kappa shape index (κ2) is 8.08. The molecule has 10 heteroatoms. The quantitative estimate of drug-likeness (QED) is 0.572. The Morgan fingerprint density at radius 1 is 1.36 bits per heavy atom. The molecule has 1 aliphatic carbocycles. The van der Waals surface area contributed by atoms with E-state index in [0.29, 0.717) is 31.4 Å². The number of nitrogens with zero attached hydrogens (tertiary/aromatic N) is 1. The summed E-state index contributed by atoms with van der Waals surface area (Å²) in [6.07, 6.45) is -2.76. The molecule has 1 aliphatic rings. The van der Waals surface area contributed by atoms with E-state index in [2.05, 4.69) is 10.5 Å². The molecule has 1 amide bonds. The van der Waals surface area contributed by atoms with E-state index in [1.807, 2.05) is 0 Å². The molecule has 0 aliphatic heterocycles. The van der Waals surface area contributed by atoms with Crippen molar-refractivity contribution in [2.45, 2.75) is 49.9 Å². The van der Waals surface area contributed by atoms with Gasteiger partial charge in [0, 0.05) is 17.2 Å². The molecule has 0 saturated heterocycles. The zero-order valence-corrected chi connectivity index (χ0v) is 15.3. The molecule has 1 heterocycles. The summed E-state index contributed by atoms with van der Waals surface area (Å²) in [5, 5.41) is 16.1. The summed E-state index contributed by atoms with van der Waals surface area (Å²) in [4.78, 5) is 12.5. The number of amides is 1. The number of alkyl halides is 4. The first-order valence-electron chi connectivity index (χ1n) is 8.61. The molecule has 5 nitrogen and oxygen atoms in total. The molecule has 2 unspecified atom stereocenters. The SMILES string of the molecule is O=C(NC1CCCC(O)C1)c1noc(-c2ccc(C(F)(F)F)c(F)c2)c1CCl. The van der Waals surface area contributed by atoms with Gasteiger partial charge in [-0.25, -0.2) is 4.39 Å². The monoisotopic (exact) mass is 420 g/mol. The molecule has 1 fully saturated rings. The first-order chi connectivity index (χ1) is 13.2. The number of nitrogens with one attached hydrogen (secondary N) is 1. The molecule has 1 saturated carbocycles. The number of hydrogen-bond donors (Lipinski definition) is 2. The predicted octanol–water partition coefficient (Wildman–Crippen LogP) is 4.27. The molecule has 0 bridgehead atoms. The lowest BCUT2D eigenvalue weighted by molar-refractivity contribution is -0.139. The van der Waals surface area contributed by atoms with E-state index in [-0.39, 0.29) is 34.5 Å². The van der Waals surface area contributed by atoms with Crippen molar-refractivity contribution in [2.75, 3.05) is 0 Å². The largest absolute Gasteiger partial charge is 0.419 e. The summed E-state index contributed by atoms with van der Waals surface area (Å²) in [7, 11) is 0. The molecule has 2 N–H and O–H groups in total. The Morgan fingerprint density at radius 2 is 2.11 bits per heavy atom. The number of hydrogen-bond acceptors (Lipinski definition) is 4. The Kier molecular flexibility index (Phi) is 5.95. The molecule has 1 aromatic heterocycles. The molecular weight excluding hydrogens is 404 g/mol. The highest BCUT2D eigenvalue weighted by Crippen LogP contribution is 2.35. The van der Waals surface area contributed by atoms with E-state index in [0.717, 1.165) is 12.5 Å². The minimum atomic E-state index is -4.82. The van der Waals surface area contributed by atoms with Crippen LogP contribution in [0.15, 0.2) is 22.7 Å². The molecule has 152 valence electrons. The van der Waals surface area contributed by atoms with Crippen molar-refractivity contribution in [3.8, 4) is 11.3 Å². The van der Waals surface area contributed by atoms with Gasteiger partial charge in [-0.1, -0.05) is 11.2 Å². The number of aromatic nitrogens is 1. The second-order valence-electron chi connectivity index (χ2n) is 6.66. The summed E-state index contributed by atoms with van der Waals surface area (Å²) in [5.74, 6) is -2.32. The summed E-state index contributed by atoms with van der Waals surface area (Å²) >= 11 is 5.89. The van der Waals surface area contributed by atoms with Crippen molar-refractivity contribution in [1.29, 1.82) is 0 Å². The van der Waals surface area contributed by atoms with Gasteiger partial charge in [-0.05, 0) is 37.8 Å². The van der Waals surface area contributed by atoms with Gasteiger partial charge < -0.3 is 14.9 Å². The van der Waals surface area contributed by atoms with Crippen LogP contribution in [0.5, 0.6) is 0 Å². The van der Waals surface area contributed by atoms with E-state index in [1.54, 1.807) is 0 Å². The van der Waals surface area contributed by atoms with Gasteiger partial charge in [0.15, 0.2) is 11.5 Å². The minimum absolute atomic E-state index is 0.0132. The highest BCUT2D eigenvalue weighted by Gasteiger charge is 2.34. The van der Waals surface area contributed by atoms with Gasteiger partial charge in [-0.3, -0.25) is 4.79 Å². The maximum Gasteiger partial charge on any atom is 0.419 e. The van der Waals surface area contributed by atoms with Crippen LogP contribution in [-0.2, 0) is 12.1 Å². The van der Waals surface area contributed by atoms with Crippen LogP contribution in [-0.4, -0.2) is 28.3 Å². The molecule has 2 aromatic rings. The zero-order valence-electron chi connectivity index (χ0n) is 14.5. The van der Waals surface area contributed by atoms with Gasteiger partial charge in [0.1, 0.15) is 5.82 Å². The summed E-state index contributed by atoms with van der Waals surface area (Å²) in [5.41, 5.74) is -1.39. The van der Waals surface area contributed by atoms with Crippen molar-refractivity contribution in [2.24, 2.45) is 0 Å². The highest BCUT2D eigenvalue weighted by atomic mass is 35.5. The third-order valence-electron chi connectivity index (χ3n) is 4.66. The normalized spacial score (nSPS) is 20.2.